The van der Waals surface area contributed by atoms with E-state index in [-0.39, 0.29) is 24.9 Å². The van der Waals surface area contributed by atoms with Crippen molar-refractivity contribution in [2.75, 3.05) is 6.61 Å². The van der Waals surface area contributed by atoms with E-state index in [2.05, 4.69) is 62.5 Å². The molecular weight excluding hydrogens is 719 g/mol. The quantitative estimate of drug-likeness (QED) is 0.0323. The van der Waals surface area contributed by atoms with Crippen LogP contribution in [0.15, 0.2) is 36.5 Å². The minimum atomic E-state index is -0.786. The normalized spacial score (nSPS) is 13.5. The lowest BCUT2D eigenvalue weighted by atomic mass is 10.0. The van der Waals surface area contributed by atoms with Gasteiger partial charge in [0.25, 0.3) is 0 Å². The van der Waals surface area contributed by atoms with Crippen LogP contribution in [0.25, 0.3) is 0 Å². The number of unbranched alkanes of at least 4 members (excludes halogenated alkanes) is 27. The monoisotopic (exact) mass is 816 g/mol. The molecule has 0 aromatic heterocycles. The predicted molar refractivity (Wildman–Crippen MR) is 250 cm³/mol. The molecule has 0 aliphatic rings. The predicted octanol–water partition coefficient (Wildman–Crippen LogP) is 14.9. The first-order chi connectivity index (χ1) is 28.5. The highest BCUT2D eigenvalue weighted by molar-refractivity contribution is 5.77. The Hall–Kier alpha value is -1.92. The molecule has 0 aliphatic carbocycles. The summed E-state index contributed by atoms with van der Waals surface area (Å²) in [5, 5.41) is 23.7. The van der Waals surface area contributed by atoms with Crippen molar-refractivity contribution >= 4 is 11.9 Å². The zero-order valence-electron chi connectivity index (χ0n) is 38.7. The molecule has 6 nitrogen and oxygen atoms in total. The Labute approximate surface area is 360 Å². The van der Waals surface area contributed by atoms with Gasteiger partial charge in [0, 0.05) is 6.42 Å². The van der Waals surface area contributed by atoms with Gasteiger partial charge >= 0.3 is 5.97 Å². The maximum atomic E-state index is 13.2. The number of hydrogen-bond acceptors (Lipinski definition) is 5. The number of esters is 1. The minimum absolute atomic E-state index is 0.0756. The molecule has 0 heterocycles. The van der Waals surface area contributed by atoms with Crippen molar-refractivity contribution in [3.63, 3.8) is 0 Å². The Balaban J connectivity index is 4.51. The molecule has 0 bridgehead atoms. The molecule has 340 valence electrons. The van der Waals surface area contributed by atoms with Gasteiger partial charge < -0.3 is 20.3 Å². The highest BCUT2D eigenvalue weighted by Crippen LogP contribution is 2.18. The van der Waals surface area contributed by atoms with Gasteiger partial charge in [-0.3, -0.25) is 9.59 Å². The van der Waals surface area contributed by atoms with Gasteiger partial charge in [0.1, 0.15) is 6.10 Å². The second kappa shape index (κ2) is 46.2. The molecule has 1 amide bonds. The molecule has 0 rings (SSSR count). The molecule has 6 heteroatoms. The highest BCUT2D eigenvalue weighted by Gasteiger charge is 2.24. The second-order valence-corrected chi connectivity index (χ2v) is 17.2. The average molecular weight is 816 g/mol. The molecule has 3 unspecified atom stereocenters. The lowest BCUT2D eigenvalue weighted by Crippen LogP contribution is -2.46. The van der Waals surface area contributed by atoms with Crippen LogP contribution >= 0.6 is 0 Å². The Kier molecular flexibility index (Phi) is 44.6. The molecular formula is C52H97NO5. The number of carbonyl (C=O) groups is 2. The third-order valence-electron chi connectivity index (χ3n) is 11.5. The molecule has 0 aliphatic heterocycles. The van der Waals surface area contributed by atoms with Crippen LogP contribution in [-0.4, -0.2) is 46.9 Å². The average Bonchev–Trinajstić information content (AvgIpc) is 3.22. The van der Waals surface area contributed by atoms with Crippen LogP contribution in [0.4, 0.5) is 0 Å². The SMILES string of the molecule is CC/C=C/C/C=C/C/C=C/CCCCCCCCC(=O)OC(CCCCCCCCCCCC)CC(=O)NC(CO)C(O)CCCCCCCCCCCCCCC. The number of nitrogens with one attached hydrogen (secondary N) is 1. The summed E-state index contributed by atoms with van der Waals surface area (Å²) in [6.07, 6.45) is 53.4. The lowest BCUT2D eigenvalue weighted by Gasteiger charge is -2.24. The minimum Gasteiger partial charge on any atom is -0.462 e. The number of rotatable bonds is 45. The number of carbonyl (C=O) groups excluding carboxylic acids is 2. The van der Waals surface area contributed by atoms with Crippen molar-refractivity contribution in [2.24, 2.45) is 0 Å². The number of ether oxygens (including phenoxy) is 1. The fourth-order valence-electron chi connectivity index (χ4n) is 7.68. The van der Waals surface area contributed by atoms with E-state index in [0.717, 1.165) is 70.6 Å². The van der Waals surface area contributed by atoms with E-state index in [9.17, 15) is 19.8 Å². The fourth-order valence-corrected chi connectivity index (χ4v) is 7.68. The second-order valence-electron chi connectivity index (χ2n) is 17.2. The molecule has 0 spiro atoms. The van der Waals surface area contributed by atoms with Gasteiger partial charge in [-0.25, -0.2) is 0 Å². The van der Waals surface area contributed by atoms with E-state index >= 15 is 0 Å². The number of hydrogen-bond donors (Lipinski definition) is 3. The van der Waals surface area contributed by atoms with Gasteiger partial charge in [-0.05, 0) is 57.8 Å². The maximum Gasteiger partial charge on any atom is 0.306 e. The molecule has 0 saturated carbocycles. The third kappa shape index (κ3) is 40.8. The van der Waals surface area contributed by atoms with Crippen molar-refractivity contribution in [1.29, 1.82) is 0 Å². The summed E-state index contributed by atoms with van der Waals surface area (Å²) >= 11 is 0. The van der Waals surface area contributed by atoms with Crippen molar-refractivity contribution in [1.82, 2.24) is 5.32 Å². The smallest absolute Gasteiger partial charge is 0.306 e. The summed E-state index contributed by atoms with van der Waals surface area (Å²) in [5.41, 5.74) is 0. The van der Waals surface area contributed by atoms with E-state index in [1.807, 2.05) is 0 Å². The number of allylic oxidation sites excluding steroid dienone is 6. The standard InChI is InChI=1S/C52H97NO5/c1-4-7-10-13-16-19-22-24-25-26-28-30-33-36-39-42-45-52(57)58-48(43-40-37-34-31-21-18-15-12-9-6-3)46-51(56)53-49(47-54)50(55)44-41-38-35-32-29-27-23-20-17-14-11-8-5-2/h7,10,16,19,24-25,48-50,54-55H,4-6,8-9,11-15,17-18,20-23,26-47H2,1-3H3,(H,53,56)/b10-7+,19-16+,25-24+. The molecule has 3 N–H and O–H groups in total. The molecule has 0 saturated heterocycles. The Morgan fingerprint density at radius 3 is 1.41 bits per heavy atom. The lowest BCUT2D eigenvalue weighted by molar-refractivity contribution is -0.151. The zero-order chi connectivity index (χ0) is 42.4. The Bertz CT molecular complexity index is 961. The summed E-state index contributed by atoms with van der Waals surface area (Å²) in [4.78, 5) is 26.1. The van der Waals surface area contributed by atoms with Gasteiger partial charge in [-0.2, -0.15) is 0 Å². The molecule has 0 aromatic rings. The molecule has 3 atom stereocenters. The molecule has 0 fully saturated rings. The van der Waals surface area contributed by atoms with E-state index in [1.54, 1.807) is 0 Å². The van der Waals surface area contributed by atoms with Gasteiger partial charge in [0.05, 0.1) is 25.2 Å². The first kappa shape index (κ1) is 56.1. The van der Waals surface area contributed by atoms with Gasteiger partial charge in [-0.15, -0.1) is 0 Å². The molecule has 58 heavy (non-hydrogen) atoms. The number of aliphatic hydroxyl groups excluding tert-OH is 2. The van der Waals surface area contributed by atoms with Gasteiger partial charge in [0.2, 0.25) is 5.91 Å². The zero-order valence-corrected chi connectivity index (χ0v) is 38.7. The first-order valence-corrected chi connectivity index (χ1v) is 25.2. The van der Waals surface area contributed by atoms with Crippen molar-refractivity contribution in [3.05, 3.63) is 36.5 Å². The molecule has 0 radical (unpaired) electrons. The largest absolute Gasteiger partial charge is 0.462 e. The fraction of sp³-hybridized carbons (Fsp3) is 0.846. The topological polar surface area (TPSA) is 95.9 Å². The van der Waals surface area contributed by atoms with Crippen LogP contribution in [0.5, 0.6) is 0 Å². The van der Waals surface area contributed by atoms with Crippen LogP contribution in [0.1, 0.15) is 258 Å². The van der Waals surface area contributed by atoms with Crippen LogP contribution in [0.2, 0.25) is 0 Å². The van der Waals surface area contributed by atoms with E-state index in [1.165, 1.54) is 141 Å². The molecule has 0 aromatic carbocycles. The van der Waals surface area contributed by atoms with E-state index in [4.69, 9.17) is 4.74 Å². The third-order valence-corrected chi connectivity index (χ3v) is 11.5. The Morgan fingerprint density at radius 1 is 0.517 bits per heavy atom. The summed E-state index contributed by atoms with van der Waals surface area (Å²) in [6.45, 7) is 6.37. The highest BCUT2D eigenvalue weighted by atomic mass is 16.5. The van der Waals surface area contributed by atoms with Crippen LogP contribution in [0.3, 0.4) is 0 Å². The van der Waals surface area contributed by atoms with Crippen LogP contribution in [0, 0.1) is 0 Å². The maximum absolute atomic E-state index is 13.2. The number of aliphatic hydroxyl groups is 2. The van der Waals surface area contributed by atoms with Crippen molar-refractivity contribution < 1.29 is 24.5 Å². The summed E-state index contributed by atoms with van der Waals surface area (Å²) in [5.74, 6) is -0.480. The van der Waals surface area contributed by atoms with E-state index < -0.39 is 18.2 Å². The number of amides is 1. The summed E-state index contributed by atoms with van der Waals surface area (Å²) in [7, 11) is 0. The van der Waals surface area contributed by atoms with Crippen LogP contribution in [-0.2, 0) is 14.3 Å². The van der Waals surface area contributed by atoms with E-state index in [0.29, 0.717) is 19.3 Å². The first-order valence-electron chi connectivity index (χ1n) is 25.2. The van der Waals surface area contributed by atoms with Crippen molar-refractivity contribution in [3.8, 4) is 0 Å². The van der Waals surface area contributed by atoms with Gasteiger partial charge in [-0.1, -0.05) is 224 Å². The Morgan fingerprint density at radius 2 is 0.931 bits per heavy atom. The van der Waals surface area contributed by atoms with Gasteiger partial charge in [0.15, 0.2) is 0 Å². The summed E-state index contributed by atoms with van der Waals surface area (Å²) in [6, 6.07) is -0.699. The summed E-state index contributed by atoms with van der Waals surface area (Å²) < 4.78 is 5.92. The van der Waals surface area contributed by atoms with Crippen molar-refractivity contribution in [2.45, 2.75) is 277 Å². The van der Waals surface area contributed by atoms with Crippen LogP contribution < -0.4 is 5.32 Å².